The molecule has 0 aromatic heterocycles. The van der Waals surface area contributed by atoms with Gasteiger partial charge in [0.25, 0.3) is 0 Å². The summed E-state index contributed by atoms with van der Waals surface area (Å²) in [5.41, 5.74) is 0. The zero-order chi connectivity index (χ0) is 13.0. The molecule has 0 heterocycles. The van der Waals surface area contributed by atoms with Crippen LogP contribution in [0.1, 0.15) is 64.7 Å². The Morgan fingerprint density at radius 2 is 1.83 bits per heavy atom. The second kappa shape index (κ2) is 6.55. The van der Waals surface area contributed by atoms with E-state index < -0.39 is 6.10 Å². The zero-order valence-electron chi connectivity index (χ0n) is 11.4. The molecule has 0 bridgehead atoms. The molecule has 2 saturated carbocycles. The van der Waals surface area contributed by atoms with Crippen LogP contribution >= 0.6 is 0 Å². The second-order valence-electron chi connectivity index (χ2n) is 6.13. The first-order valence-electron chi connectivity index (χ1n) is 7.50. The molecule has 0 amide bonds. The van der Waals surface area contributed by atoms with Gasteiger partial charge in [0, 0.05) is 6.92 Å². The molecule has 2 aliphatic carbocycles. The van der Waals surface area contributed by atoms with Gasteiger partial charge in [-0.3, -0.25) is 4.79 Å². The number of ether oxygens (including phenoxy) is 1. The van der Waals surface area contributed by atoms with Gasteiger partial charge in [-0.25, -0.2) is 0 Å². The van der Waals surface area contributed by atoms with Crippen molar-refractivity contribution in [1.29, 1.82) is 0 Å². The highest BCUT2D eigenvalue weighted by atomic mass is 16.6. The van der Waals surface area contributed by atoms with E-state index in [9.17, 15) is 9.90 Å². The summed E-state index contributed by atoms with van der Waals surface area (Å²) in [4.78, 5) is 10.9. The summed E-state index contributed by atoms with van der Waals surface area (Å²) in [7, 11) is 0. The molecule has 3 heteroatoms. The van der Waals surface area contributed by atoms with Crippen LogP contribution in [0.25, 0.3) is 0 Å². The van der Waals surface area contributed by atoms with E-state index in [0.717, 1.165) is 25.2 Å². The Morgan fingerprint density at radius 1 is 1.11 bits per heavy atom. The number of aliphatic hydroxyl groups is 1. The maximum absolute atomic E-state index is 10.9. The number of carbonyl (C=O) groups excluding carboxylic acids is 1. The van der Waals surface area contributed by atoms with Gasteiger partial charge in [-0.05, 0) is 37.5 Å². The first-order chi connectivity index (χ1) is 8.65. The van der Waals surface area contributed by atoms with E-state index in [-0.39, 0.29) is 12.1 Å². The molecule has 1 N–H and O–H groups in total. The molecule has 0 aromatic carbocycles. The molecule has 3 atom stereocenters. The monoisotopic (exact) mass is 254 g/mol. The van der Waals surface area contributed by atoms with Gasteiger partial charge in [-0.2, -0.15) is 0 Å². The van der Waals surface area contributed by atoms with Crippen molar-refractivity contribution in [1.82, 2.24) is 0 Å². The van der Waals surface area contributed by atoms with E-state index in [1.165, 1.54) is 45.4 Å². The van der Waals surface area contributed by atoms with Gasteiger partial charge in [-0.1, -0.05) is 32.1 Å². The van der Waals surface area contributed by atoms with Crippen LogP contribution < -0.4 is 0 Å². The standard InChI is InChI=1S/C15H26O3/c1-11(16)18-15-8-7-13(10-14(15)17)9-12-5-3-2-4-6-12/h12-15,17H,2-10H2,1H3. The first kappa shape index (κ1) is 13.9. The zero-order valence-corrected chi connectivity index (χ0v) is 11.4. The van der Waals surface area contributed by atoms with Crippen molar-refractivity contribution in [2.24, 2.45) is 11.8 Å². The topological polar surface area (TPSA) is 46.5 Å². The van der Waals surface area contributed by atoms with Gasteiger partial charge in [0.2, 0.25) is 0 Å². The van der Waals surface area contributed by atoms with Crippen molar-refractivity contribution in [2.45, 2.75) is 76.9 Å². The van der Waals surface area contributed by atoms with Crippen molar-refractivity contribution in [3.8, 4) is 0 Å². The summed E-state index contributed by atoms with van der Waals surface area (Å²) < 4.78 is 5.15. The van der Waals surface area contributed by atoms with Crippen molar-refractivity contribution in [2.75, 3.05) is 0 Å². The number of aliphatic hydroxyl groups excluding tert-OH is 1. The van der Waals surface area contributed by atoms with Crippen molar-refractivity contribution in [3.63, 3.8) is 0 Å². The lowest BCUT2D eigenvalue weighted by Crippen LogP contribution is -2.37. The molecule has 3 unspecified atom stereocenters. The molecular weight excluding hydrogens is 228 g/mol. The average Bonchev–Trinajstić information content (AvgIpc) is 2.33. The fourth-order valence-electron chi connectivity index (χ4n) is 3.66. The lowest BCUT2D eigenvalue weighted by atomic mass is 9.76. The largest absolute Gasteiger partial charge is 0.460 e. The van der Waals surface area contributed by atoms with Gasteiger partial charge in [0.15, 0.2) is 0 Å². The maximum Gasteiger partial charge on any atom is 0.302 e. The quantitative estimate of drug-likeness (QED) is 0.787. The molecule has 2 fully saturated rings. The van der Waals surface area contributed by atoms with Crippen molar-refractivity contribution in [3.05, 3.63) is 0 Å². The molecule has 0 radical (unpaired) electrons. The molecule has 3 nitrogen and oxygen atoms in total. The van der Waals surface area contributed by atoms with Crippen LogP contribution in [0.3, 0.4) is 0 Å². The van der Waals surface area contributed by atoms with Crippen LogP contribution in [0.4, 0.5) is 0 Å². The normalized spacial score (nSPS) is 34.2. The average molecular weight is 254 g/mol. The highest BCUT2D eigenvalue weighted by Crippen LogP contribution is 2.36. The third-order valence-corrected chi connectivity index (χ3v) is 4.57. The fraction of sp³-hybridized carbons (Fsp3) is 0.933. The number of rotatable bonds is 3. The molecule has 0 spiro atoms. The number of carbonyl (C=O) groups is 1. The molecule has 0 saturated heterocycles. The van der Waals surface area contributed by atoms with Gasteiger partial charge >= 0.3 is 5.97 Å². The molecule has 2 rings (SSSR count). The third-order valence-electron chi connectivity index (χ3n) is 4.57. The summed E-state index contributed by atoms with van der Waals surface area (Å²) in [6.45, 7) is 1.42. The molecule has 0 aliphatic heterocycles. The Hall–Kier alpha value is -0.570. The maximum atomic E-state index is 10.9. The molecule has 18 heavy (non-hydrogen) atoms. The Bertz CT molecular complexity index is 271. The summed E-state index contributed by atoms with van der Waals surface area (Å²) in [6, 6.07) is 0. The summed E-state index contributed by atoms with van der Waals surface area (Å²) in [6.07, 6.45) is 10.2. The minimum Gasteiger partial charge on any atom is -0.460 e. The smallest absolute Gasteiger partial charge is 0.302 e. The van der Waals surface area contributed by atoms with Gasteiger partial charge < -0.3 is 9.84 Å². The van der Waals surface area contributed by atoms with E-state index in [2.05, 4.69) is 0 Å². The number of esters is 1. The fourth-order valence-corrected chi connectivity index (χ4v) is 3.66. The van der Waals surface area contributed by atoms with E-state index >= 15 is 0 Å². The molecule has 0 aromatic rings. The van der Waals surface area contributed by atoms with Crippen LogP contribution in [0, 0.1) is 11.8 Å². The Morgan fingerprint density at radius 3 is 2.44 bits per heavy atom. The van der Waals surface area contributed by atoms with E-state index in [0.29, 0.717) is 5.92 Å². The number of hydrogen-bond acceptors (Lipinski definition) is 3. The van der Waals surface area contributed by atoms with Gasteiger partial charge in [0.05, 0.1) is 6.10 Å². The van der Waals surface area contributed by atoms with Crippen LogP contribution in [0.2, 0.25) is 0 Å². The predicted molar refractivity (Wildman–Crippen MR) is 70.1 cm³/mol. The summed E-state index contributed by atoms with van der Waals surface area (Å²) in [5, 5.41) is 10.0. The number of hydrogen-bond donors (Lipinski definition) is 1. The Labute approximate surface area is 110 Å². The van der Waals surface area contributed by atoms with Crippen molar-refractivity contribution >= 4 is 5.97 Å². The Kier molecular flexibility index (Phi) is 5.04. The third kappa shape index (κ3) is 3.98. The summed E-state index contributed by atoms with van der Waals surface area (Å²) >= 11 is 0. The Balaban J connectivity index is 1.75. The first-order valence-corrected chi connectivity index (χ1v) is 7.50. The van der Waals surface area contributed by atoms with E-state index in [1.54, 1.807) is 0 Å². The lowest BCUT2D eigenvalue weighted by molar-refractivity contribution is -0.156. The minimum absolute atomic E-state index is 0.259. The van der Waals surface area contributed by atoms with E-state index in [1.807, 2.05) is 0 Å². The van der Waals surface area contributed by atoms with E-state index in [4.69, 9.17) is 4.74 Å². The van der Waals surface area contributed by atoms with Crippen LogP contribution in [-0.2, 0) is 9.53 Å². The van der Waals surface area contributed by atoms with Crippen LogP contribution in [0.15, 0.2) is 0 Å². The predicted octanol–water partition coefficient (Wildman–Crippen LogP) is 3.05. The SMILES string of the molecule is CC(=O)OC1CCC(CC2CCCCC2)CC1O. The van der Waals surface area contributed by atoms with Gasteiger partial charge in [-0.15, -0.1) is 0 Å². The van der Waals surface area contributed by atoms with Gasteiger partial charge in [0.1, 0.15) is 6.10 Å². The highest BCUT2D eigenvalue weighted by Gasteiger charge is 2.32. The molecule has 2 aliphatic rings. The lowest BCUT2D eigenvalue weighted by Gasteiger charge is -2.35. The molecular formula is C15H26O3. The summed E-state index contributed by atoms with van der Waals surface area (Å²) in [5.74, 6) is 1.24. The highest BCUT2D eigenvalue weighted by molar-refractivity contribution is 5.66. The minimum atomic E-state index is -0.448. The van der Waals surface area contributed by atoms with Crippen molar-refractivity contribution < 1.29 is 14.6 Å². The second-order valence-corrected chi connectivity index (χ2v) is 6.13. The van der Waals surface area contributed by atoms with Crippen LogP contribution in [-0.4, -0.2) is 23.3 Å². The molecule has 104 valence electrons. The van der Waals surface area contributed by atoms with Crippen LogP contribution in [0.5, 0.6) is 0 Å².